The molecule has 2 nitrogen and oxygen atoms in total. The normalized spacial score (nSPS) is 22.0. The van der Waals surface area contributed by atoms with Crippen LogP contribution in [0.5, 0.6) is 0 Å². The molecule has 0 bridgehead atoms. The molecule has 1 heterocycles. The van der Waals surface area contributed by atoms with Gasteiger partial charge in [0.25, 0.3) is 0 Å². The second kappa shape index (κ2) is 5.61. The largest absolute Gasteiger partial charge is 0.311 e. The van der Waals surface area contributed by atoms with Gasteiger partial charge in [0.15, 0.2) is 0 Å². The molecule has 1 atom stereocenters. The van der Waals surface area contributed by atoms with Gasteiger partial charge in [-0.2, -0.15) is 0 Å². The summed E-state index contributed by atoms with van der Waals surface area (Å²) >= 11 is 0. The number of nitrogens with zero attached hydrogens (tertiary/aromatic N) is 1. The van der Waals surface area contributed by atoms with E-state index in [4.69, 9.17) is 0 Å². The quantitative estimate of drug-likeness (QED) is 0.864. The lowest BCUT2D eigenvalue weighted by Gasteiger charge is -2.36. The van der Waals surface area contributed by atoms with E-state index in [-0.39, 0.29) is 5.82 Å². The highest BCUT2D eigenvalue weighted by molar-refractivity contribution is 5.17. The molecular formula is C14H21FN2. The van der Waals surface area contributed by atoms with Crippen molar-refractivity contribution in [1.82, 2.24) is 10.2 Å². The fourth-order valence-electron chi connectivity index (χ4n) is 2.41. The van der Waals surface area contributed by atoms with Crippen LogP contribution in [0.2, 0.25) is 0 Å². The average molecular weight is 236 g/mol. The summed E-state index contributed by atoms with van der Waals surface area (Å²) in [5.41, 5.74) is 1.08. The SMILES string of the molecule is CC(C)N1CCNC(Cc2cccc(F)c2)C1. The van der Waals surface area contributed by atoms with Crippen molar-refractivity contribution in [3.8, 4) is 0 Å². The Hall–Kier alpha value is -0.930. The lowest BCUT2D eigenvalue weighted by molar-refractivity contribution is 0.161. The minimum Gasteiger partial charge on any atom is -0.311 e. The van der Waals surface area contributed by atoms with Crippen LogP contribution in [0.25, 0.3) is 0 Å². The Kier molecular flexibility index (Phi) is 4.13. The van der Waals surface area contributed by atoms with Gasteiger partial charge in [-0.15, -0.1) is 0 Å². The van der Waals surface area contributed by atoms with Crippen LogP contribution in [0, 0.1) is 5.82 Å². The van der Waals surface area contributed by atoms with Crippen molar-refractivity contribution in [3.63, 3.8) is 0 Å². The first kappa shape index (κ1) is 12.5. The molecule has 1 N–H and O–H groups in total. The highest BCUT2D eigenvalue weighted by Crippen LogP contribution is 2.11. The molecule has 0 radical (unpaired) electrons. The lowest BCUT2D eigenvalue weighted by atomic mass is 10.0. The van der Waals surface area contributed by atoms with E-state index in [1.807, 2.05) is 6.07 Å². The number of benzene rings is 1. The van der Waals surface area contributed by atoms with Gasteiger partial charge in [0.1, 0.15) is 5.82 Å². The molecule has 1 saturated heterocycles. The number of piperazine rings is 1. The molecule has 0 spiro atoms. The number of halogens is 1. The Labute approximate surface area is 103 Å². The zero-order valence-electron chi connectivity index (χ0n) is 10.6. The maximum absolute atomic E-state index is 13.1. The molecule has 1 aromatic carbocycles. The van der Waals surface area contributed by atoms with E-state index in [1.165, 1.54) is 6.07 Å². The Morgan fingerprint density at radius 2 is 2.29 bits per heavy atom. The van der Waals surface area contributed by atoms with Crippen LogP contribution in [0.15, 0.2) is 24.3 Å². The van der Waals surface area contributed by atoms with Gasteiger partial charge in [0, 0.05) is 31.7 Å². The zero-order chi connectivity index (χ0) is 12.3. The third-order valence-corrected chi connectivity index (χ3v) is 3.39. The van der Waals surface area contributed by atoms with E-state index in [0.29, 0.717) is 12.1 Å². The minimum absolute atomic E-state index is 0.140. The molecular weight excluding hydrogens is 215 g/mol. The lowest BCUT2D eigenvalue weighted by Crippen LogP contribution is -2.53. The predicted octanol–water partition coefficient (Wildman–Crippen LogP) is 2.05. The highest BCUT2D eigenvalue weighted by Gasteiger charge is 2.21. The van der Waals surface area contributed by atoms with Crippen LogP contribution in [0.3, 0.4) is 0 Å². The van der Waals surface area contributed by atoms with Crippen LogP contribution < -0.4 is 5.32 Å². The van der Waals surface area contributed by atoms with Crippen molar-refractivity contribution in [2.45, 2.75) is 32.4 Å². The molecule has 17 heavy (non-hydrogen) atoms. The summed E-state index contributed by atoms with van der Waals surface area (Å²) in [7, 11) is 0. The summed E-state index contributed by atoms with van der Waals surface area (Å²) in [5.74, 6) is -0.140. The van der Waals surface area contributed by atoms with E-state index in [0.717, 1.165) is 31.6 Å². The summed E-state index contributed by atoms with van der Waals surface area (Å²) in [6.07, 6.45) is 0.904. The van der Waals surface area contributed by atoms with Crippen LogP contribution in [-0.2, 0) is 6.42 Å². The molecule has 0 amide bonds. The van der Waals surface area contributed by atoms with Gasteiger partial charge < -0.3 is 5.32 Å². The molecule has 94 valence electrons. The molecule has 0 aliphatic carbocycles. The number of nitrogens with one attached hydrogen (secondary N) is 1. The Morgan fingerprint density at radius 1 is 1.47 bits per heavy atom. The highest BCUT2D eigenvalue weighted by atomic mass is 19.1. The predicted molar refractivity (Wildman–Crippen MR) is 68.6 cm³/mol. The first-order valence-corrected chi connectivity index (χ1v) is 6.37. The van der Waals surface area contributed by atoms with Crippen LogP contribution in [-0.4, -0.2) is 36.6 Å². The fraction of sp³-hybridized carbons (Fsp3) is 0.571. The van der Waals surface area contributed by atoms with Gasteiger partial charge in [-0.1, -0.05) is 12.1 Å². The van der Waals surface area contributed by atoms with Crippen molar-refractivity contribution in [3.05, 3.63) is 35.6 Å². The molecule has 0 aromatic heterocycles. The van der Waals surface area contributed by atoms with Gasteiger partial charge >= 0.3 is 0 Å². The Morgan fingerprint density at radius 3 is 3.00 bits per heavy atom. The molecule has 1 aliphatic heterocycles. The second-order valence-corrected chi connectivity index (χ2v) is 5.07. The smallest absolute Gasteiger partial charge is 0.123 e. The van der Waals surface area contributed by atoms with Gasteiger partial charge in [-0.05, 0) is 38.0 Å². The molecule has 1 unspecified atom stereocenters. The van der Waals surface area contributed by atoms with Crippen molar-refractivity contribution in [1.29, 1.82) is 0 Å². The Bertz CT molecular complexity index is 365. The summed E-state index contributed by atoms with van der Waals surface area (Å²) in [4.78, 5) is 2.47. The summed E-state index contributed by atoms with van der Waals surface area (Å²) in [6, 6.07) is 7.95. The molecule has 0 saturated carbocycles. The maximum Gasteiger partial charge on any atom is 0.123 e. The van der Waals surface area contributed by atoms with Crippen molar-refractivity contribution >= 4 is 0 Å². The third-order valence-electron chi connectivity index (χ3n) is 3.39. The Balaban J connectivity index is 1.94. The standard InChI is InChI=1S/C14H21FN2/c1-11(2)17-7-6-16-14(10-17)9-12-4-3-5-13(15)8-12/h3-5,8,11,14,16H,6-7,9-10H2,1-2H3. The van der Waals surface area contributed by atoms with Gasteiger partial charge in [0.2, 0.25) is 0 Å². The zero-order valence-corrected chi connectivity index (χ0v) is 10.6. The number of hydrogen-bond acceptors (Lipinski definition) is 2. The van der Waals surface area contributed by atoms with E-state index in [9.17, 15) is 4.39 Å². The van der Waals surface area contributed by atoms with Gasteiger partial charge in [-0.25, -0.2) is 4.39 Å². The van der Waals surface area contributed by atoms with E-state index < -0.39 is 0 Å². The van der Waals surface area contributed by atoms with Crippen molar-refractivity contribution < 1.29 is 4.39 Å². The molecule has 2 rings (SSSR count). The van der Waals surface area contributed by atoms with Gasteiger partial charge in [-0.3, -0.25) is 4.90 Å². The molecule has 1 aromatic rings. The van der Waals surface area contributed by atoms with E-state index >= 15 is 0 Å². The minimum atomic E-state index is -0.140. The van der Waals surface area contributed by atoms with E-state index in [1.54, 1.807) is 12.1 Å². The fourth-order valence-corrected chi connectivity index (χ4v) is 2.41. The summed E-state index contributed by atoms with van der Waals surface area (Å²) < 4.78 is 13.1. The first-order valence-electron chi connectivity index (χ1n) is 6.37. The van der Waals surface area contributed by atoms with E-state index in [2.05, 4.69) is 24.1 Å². The summed E-state index contributed by atoms with van der Waals surface area (Å²) in [5, 5.41) is 3.51. The van der Waals surface area contributed by atoms with Crippen LogP contribution >= 0.6 is 0 Å². The van der Waals surface area contributed by atoms with Crippen molar-refractivity contribution in [2.24, 2.45) is 0 Å². The van der Waals surface area contributed by atoms with Crippen LogP contribution in [0.1, 0.15) is 19.4 Å². The molecule has 3 heteroatoms. The monoisotopic (exact) mass is 236 g/mol. The number of rotatable bonds is 3. The van der Waals surface area contributed by atoms with Crippen LogP contribution in [0.4, 0.5) is 4.39 Å². The molecule has 1 aliphatic rings. The molecule has 1 fully saturated rings. The summed E-state index contributed by atoms with van der Waals surface area (Å²) in [6.45, 7) is 7.64. The maximum atomic E-state index is 13.1. The average Bonchev–Trinajstić information content (AvgIpc) is 2.29. The number of hydrogen-bond donors (Lipinski definition) is 1. The first-order chi connectivity index (χ1) is 8.15. The third kappa shape index (κ3) is 3.51. The van der Waals surface area contributed by atoms with Gasteiger partial charge in [0.05, 0.1) is 0 Å². The second-order valence-electron chi connectivity index (χ2n) is 5.07. The topological polar surface area (TPSA) is 15.3 Å². The van der Waals surface area contributed by atoms with Crippen molar-refractivity contribution in [2.75, 3.05) is 19.6 Å².